The molecule has 0 saturated heterocycles. The molecule has 0 aliphatic heterocycles. The number of hydrogen-bond donors (Lipinski definition) is 1. The van der Waals surface area contributed by atoms with Gasteiger partial charge in [0.2, 0.25) is 11.8 Å². The van der Waals surface area contributed by atoms with E-state index in [9.17, 15) is 18.0 Å². The van der Waals surface area contributed by atoms with Gasteiger partial charge >= 0.3 is 0 Å². The molecule has 0 heterocycles. The molecule has 0 aromatic heterocycles. The summed E-state index contributed by atoms with van der Waals surface area (Å²) >= 11 is 0. The van der Waals surface area contributed by atoms with Gasteiger partial charge in [-0.1, -0.05) is 61.0 Å². The van der Waals surface area contributed by atoms with Crippen LogP contribution in [0.5, 0.6) is 0 Å². The van der Waals surface area contributed by atoms with Crippen LogP contribution >= 0.6 is 0 Å². The van der Waals surface area contributed by atoms with Crippen molar-refractivity contribution < 1.29 is 18.0 Å². The number of hydrogen-bond acceptors (Lipinski definition) is 4. The van der Waals surface area contributed by atoms with Crippen LogP contribution in [0.1, 0.15) is 42.5 Å². The van der Waals surface area contributed by atoms with E-state index in [0.717, 1.165) is 33.0 Å². The number of benzene rings is 3. The average molecular weight is 536 g/mol. The van der Waals surface area contributed by atoms with E-state index in [1.165, 1.54) is 4.90 Å². The quantitative estimate of drug-likeness (QED) is 0.384. The zero-order valence-electron chi connectivity index (χ0n) is 22.8. The summed E-state index contributed by atoms with van der Waals surface area (Å²) in [5.74, 6) is -0.752. The first kappa shape index (κ1) is 28.9. The highest BCUT2D eigenvalue weighted by Crippen LogP contribution is 2.27. The molecule has 1 atom stereocenters. The number of amides is 2. The molecule has 0 unspecified atom stereocenters. The molecule has 7 nitrogen and oxygen atoms in total. The lowest BCUT2D eigenvalue weighted by atomic mass is 10.1. The van der Waals surface area contributed by atoms with E-state index < -0.39 is 28.5 Å². The van der Waals surface area contributed by atoms with Crippen molar-refractivity contribution in [3.63, 3.8) is 0 Å². The Labute approximate surface area is 226 Å². The molecule has 0 bridgehead atoms. The zero-order valence-corrected chi connectivity index (χ0v) is 23.6. The second-order valence-electron chi connectivity index (χ2n) is 9.64. The topological polar surface area (TPSA) is 86.8 Å². The van der Waals surface area contributed by atoms with Crippen molar-refractivity contribution in [3.05, 3.63) is 95.1 Å². The summed E-state index contributed by atoms with van der Waals surface area (Å²) < 4.78 is 29.0. The third kappa shape index (κ3) is 7.22. The Hall–Kier alpha value is -3.65. The summed E-state index contributed by atoms with van der Waals surface area (Å²) in [6.45, 7) is 9.49. The van der Waals surface area contributed by atoms with Crippen LogP contribution in [0.4, 0.5) is 5.69 Å². The minimum Gasteiger partial charge on any atom is -0.354 e. The van der Waals surface area contributed by atoms with Crippen molar-refractivity contribution in [1.82, 2.24) is 10.2 Å². The molecule has 38 heavy (non-hydrogen) atoms. The SMILES string of the molecule is CCCNC(=O)[C@H](C)N(Cc1ccccc1)C(=O)CN(c1cc(C)cc(C)c1)S(=O)(=O)c1ccc(C)cc1. The van der Waals surface area contributed by atoms with Crippen LogP contribution in [0.2, 0.25) is 0 Å². The highest BCUT2D eigenvalue weighted by molar-refractivity contribution is 7.92. The second kappa shape index (κ2) is 12.7. The van der Waals surface area contributed by atoms with Gasteiger partial charge in [0, 0.05) is 13.1 Å². The number of carbonyl (C=O) groups excluding carboxylic acids is 2. The summed E-state index contributed by atoms with van der Waals surface area (Å²) in [5, 5.41) is 2.85. The Morgan fingerprint density at radius 2 is 1.47 bits per heavy atom. The molecular weight excluding hydrogens is 498 g/mol. The minimum atomic E-state index is -4.08. The van der Waals surface area contributed by atoms with Gasteiger partial charge in [0.25, 0.3) is 10.0 Å². The summed E-state index contributed by atoms with van der Waals surface area (Å²) in [5.41, 5.74) is 3.93. The number of sulfonamides is 1. The monoisotopic (exact) mass is 535 g/mol. The van der Waals surface area contributed by atoms with E-state index in [1.807, 2.05) is 64.1 Å². The van der Waals surface area contributed by atoms with Gasteiger partial charge in [0.1, 0.15) is 12.6 Å². The third-order valence-corrected chi connectivity index (χ3v) is 8.08. The molecule has 0 fully saturated rings. The predicted molar refractivity (Wildman–Crippen MR) is 151 cm³/mol. The summed E-state index contributed by atoms with van der Waals surface area (Å²) in [7, 11) is -4.08. The van der Waals surface area contributed by atoms with Crippen LogP contribution in [0.15, 0.2) is 77.7 Å². The van der Waals surface area contributed by atoms with Crippen LogP contribution in [0.25, 0.3) is 0 Å². The highest BCUT2D eigenvalue weighted by Gasteiger charge is 2.32. The first-order chi connectivity index (χ1) is 18.0. The smallest absolute Gasteiger partial charge is 0.264 e. The first-order valence-electron chi connectivity index (χ1n) is 12.8. The number of carbonyl (C=O) groups is 2. The second-order valence-corrected chi connectivity index (χ2v) is 11.5. The number of aryl methyl sites for hydroxylation is 3. The van der Waals surface area contributed by atoms with Crippen molar-refractivity contribution in [1.29, 1.82) is 0 Å². The van der Waals surface area contributed by atoms with Crippen molar-refractivity contribution in [3.8, 4) is 0 Å². The Kier molecular flexibility index (Phi) is 9.69. The lowest BCUT2D eigenvalue weighted by Gasteiger charge is -2.32. The summed E-state index contributed by atoms with van der Waals surface area (Å²) in [6, 6.07) is 20.6. The normalized spacial score (nSPS) is 12.0. The standard InChI is InChI=1S/C30H37N3O4S/c1-6-16-31-30(35)25(5)32(20-26-10-8-7-9-11-26)29(34)21-33(27-18-23(3)17-24(4)19-27)38(36,37)28-14-12-22(2)13-15-28/h7-15,17-19,25H,6,16,20-21H2,1-5H3,(H,31,35)/t25-/m0/s1. The molecular formula is C30H37N3O4S. The van der Waals surface area contributed by atoms with E-state index in [0.29, 0.717) is 12.2 Å². The molecule has 0 aliphatic carbocycles. The molecule has 0 saturated carbocycles. The summed E-state index contributed by atoms with van der Waals surface area (Å²) in [6.07, 6.45) is 0.764. The average Bonchev–Trinajstić information content (AvgIpc) is 2.88. The van der Waals surface area contributed by atoms with Gasteiger partial charge in [-0.05, 0) is 75.1 Å². The number of rotatable bonds is 11. The van der Waals surface area contributed by atoms with Gasteiger partial charge in [0.05, 0.1) is 10.6 Å². The van der Waals surface area contributed by atoms with Gasteiger partial charge in [-0.15, -0.1) is 0 Å². The maximum Gasteiger partial charge on any atom is 0.264 e. The summed E-state index contributed by atoms with van der Waals surface area (Å²) in [4.78, 5) is 28.3. The molecule has 0 aliphatic rings. The Balaban J connectivity index is 2.04. The molecule has 8 heteroatoms. The third-order valence-electron chi connectivity index (χ3n) is 6.29. The molecule has 202 valence electrons. The molecule has 0 radical (unpaired) electrons. The fraction of sp³-hybridized carbons (Fsp3) is 0.333. The molecule has 3 rings (SSSR count). The van der Waals surface area contributed by atoms with Gasteiger partial charge in [-0.2, -0.15) is 0 Å². The van der Waals surface area contributed by atoms with Crippen LogP contribution in [-0.4, -0.2) is 44.3 Å². The van der Waals surface area contributed by atoms with E-state index >= 15 is 0 Å². The van der Waals surface area contributed by atoms with Crippen LogP contribution in [0, 0.1) is 20.8 Å². The van der Waals surface area contributed by atoms with Crippen LogP contribution < -0.4 is 9.62 Å². The van der Waals surface area contributed by atoms with Gasteiger partial charge in [-0.25, -0.2) is 8.42 Å². The first-order valence-corrected chi connectivity index (χ1v) is 14.3. The van der Waals surface area contributed by atoms with Crippen molar-refractivity contribution >= 4 is 27.5 Å². The van der Waals surface area contributed by atoms with Crippen LogP contribution in [-0.2, 0) is 26.2 Å². The van der Waals surface area contributed by atoms with E-state index in [2.05, 4.69) is 5.32 Å². The Morgan fingerprint density at radius 1 is 0.868 bits per heavy atom. The molecule has 1 N–H and O–H groups in total. The number of anilines is 1. The zero-order chi connectivity index (χ0) is 27.9. The molecule has 2 amide bonds. The lowest BCUT2D eigenvalue weighted by Crippen LogP contribution is -2.51. The fourth-order valence-electron chi connectivity index (χ4n) is 4.22. The Bertz CT molecular complexity index is 1340. The van der Waals surface area contributed by atoms with Crippen molar-refractivity contribution in [2.45, 2.75) is 58.5 Å². The maximum atomic E-state index is 13.9. The van der Waals surface area contributed by atoms with Gasteiger partial charge < -0.3 is 10.2 Å². The van der Waals surface area contributed by atoms with Crippen molar-refractivity contribution in [2.24, 2.45) is 0 Å². The minimum absolute atomic E-state index is 0.0957. The molecule has 3 aromatic carbocycles. The predicted octanol–water partition coefficient (Wildman–Crippen LogP) is 4.75. The highest BCUT2D eigenvalue weighted by atomic mass is 32.2. The van der Waals surface area contributed by atoms with Gasteiger partial charge in [-0.3, -0.25) is 13.9 Å². The molecule has 0 spiro atoms. The van der Waals surface area contributed by atoms with Gasteiger partial charge in [0.15, 0.2) is 0 Å². The van der Waals surface area contributed by atoms with E-state index in [1.54, 1.807) is 43.3 Å². The Morgan fingerprint density at radius 3 is 2.05 bits per heavy atom. The van der Waals surface area contributed by atoms with E-state index in [4.69, 9.17) is 0 Å². The molecule has 3 aromatic rings. The lowest BCUT2D eigenvalue weighted by molar-refractivity contribution is -0.139. The number of nitrogens with zero attached hydrogens (tertiary/aromatic N) is 2. The fourth-order valence-corrected chi connectivity index (χ4v) is 5.62. The van der Waals surface area contributed by atoms with E-state index in [-0.39, 0.29) is 17.3 Å². The van der Waals surface area contributed by atoms with Crippen LogP contribution in [0.3, 0.4) is 0 Å². The maximum absolute atomic E-state index is 13.9. The van der Waals surface area contributed by atoms with Crippen molar-refractivity contribution in [2.75, 3.05) is 17.4 Å². The number of nitrogens with one attached hydrogen (secondary N) is 1. The largest absolute Gasteiger partial charge is 0.354 e.